The molecule has 3 aromatic rings. The number of rotatable bonds is 7. The molecule has 0 saturated heterocycles. The maximum Gasteiger partial charge on any atom is 0.159 e. The number of carbonyl (C=O) groups excluding carboxylic acids is 1. The summed E-state index contributed by atoms with van der Waals surface area (Å²) in [5, 5.41) is 4.36. The Labute approximate surface area is 169 Å². The minimum absolute atomic E-state index is 0.104. The maximum absolute atomic E-state index is 13.1. The van der Waals surface area contributed by atoms with Crippen molar-refractivity contribution in [2.45, 2.75) is 25.8 Å². The maximum atomic E-state index is 13.1. The Morgan fingerprint density at radius 3 is 2.52 bits per heavy atom. The molecule has 1 atom stereocenters. The van der Waals surface area contributed by atoms with Crippen molar-refractivity contribution in [3.8, 4) is 0 Å². The number of hydrogen-bond acceptors (Lipinski definition) is 3. The summed E-state index contributed by atoms with van der Waals surface area (Å²) in [6, 6.07) is 16.5. The van der Waals surface area contributed by atoms with Gasteiger partial charge in [0.2, 0.25) is 0 Å². The van der Waals surface area contributed by atoms with Crippen LogP contribution in [-0.2, 0) is 11.2 Å². The minimum atomic E-state index is -0.480. The molecule has 1 unspecified atom stereocenters. The average molecular weight is 399 g/mol. The number of benzene rings is 2. The minimum Gasteiger partial charge on any atom is -0.370 e. The highest BCUT2D eigenvalue weighted by atomic mass is 35.5. The molecule has 138 valence electrons. The van der Waals surface area contributed by atoms with Crippen molar-refractivity contribution in [2.75, 3.05) is 5.32 Å². The quantitative estimate of drug-likeness (QED) is 0.526. The van der Waals surface area contributed by atoms with E-state index in [9.17, 15) is 4.79 Å². The van der Waals surface area contributed by atoms with Crippen molar-refractivity contribution >= 4 is 34.7 Å². The highest BCUT2D eigenvalue weighted by Gasteiger charge is 2.22. The van der Waals surface area contributed by atoms with Crippen molar-refractivity contribution < 1.29 is 4.79 Å². The monoisotopic (exact) mass is 398 g/mol. The molecule has 0 bridgehead atoms. The third-order valence-electron chi connectivity index (χ3n) is 4.46. The van der Waals surface area contributed by atoms with Gasteiger partial charge in [-0.3, -0.25) is 9.78 Å². The Kier molecular flexibility index (Phi) is 6.49. The van der Waals surface area contributed by atoms with Crippen molar-refractivity contribution in [2.24, 2.45) is 0 Å². The molecule has 1 aromatic heterocycles. The smallest absolute Gasteiger partial charge is 0.159 e. The number of nitrogens with zero attached hydrogens (tertiary/aromatic N) is 1. The normalized spacial score (nSPS) is 11.8. The fourth-order valence-electron chi connectivity index (χ4n) is 2.97. The van der Waals surface area contributed by atoms with E-state index in [0.29, 0.717) is 28.6 Å². The van der Waals surface area contributed by atoms with Gasteiger partial charge in [0.1, 0.15) is 6.04 Å². The van der Waals surface area contributed by atoms with Crippen molar-refractivity contribution in [3.63, 3.8) is 0 Å². The number of pyridine rings is 1. The highest BCUT2D eigenvalue weighted by Crippen LogP contribution is 2.31. The molecule has 2 aromatic carbocycles. The van der Waals surface area contributed by atoms with Gasteiger partial charge in [-0.1, -0.05) is 47.5 Å². The van der Waals surface area contributed by atoms with Gasteiger partial charge in [-0.25, -0.2) is 0 Å². The van der Waals surface area contributed by atoms with E-state index >= 15 is 0 Å². The lowest BCUT2D eigenvalue weighted by Gasteiger charge is -2.22. The second-order valence-corrected chi connectivity index (χ2v) is 7.22. The van der Waals surface area contributed by atoms with Crippen LogP contribution in [0.15, 0.2) is 67.0 Å². The Morgan fingerprint density at radius 2 is 1.81 bits per heavy atom. The fourth-order valence-corrected chi connectivity index (χ4v) is 3.43. The zero-order chi connectivity index (χ0) is 19.2. The van der Waals surface area contributed by atoms with Crippen molar-refractivity contribution in [1.29, 1.82) is 0 Å². The molecule has 1 N–H and O–H groups in total. The summed E-state index contributed by atoms with van der Waals surface area (Å²) in [4.78, 5) is 17.1. The molecule has 3 nitrogen and oxygen atoms in total. The van der Waals surface area contributed by atoms with Gasteiger partial charge < -0.3 is 5.32 Å². The first-order valence-corrected chi connectivity index (χ1v) is 9.49. The summed E-state index contributed by atoms with van der Waals surface area (Å²) in [6.07, 6.45) is 4.57. The van der Waals surface area contributed by atoms with Crippen LogP contribution >= 0.6 is 23.2 Å². The van der Waals surface area contributed by atoms with Gasteiger partial charge in [0.15, 0.2) is 5.78 Å². The molecule has 0 spiro atoms. The molecule has 27 heavy (non-hydrogen) atoms. The van der Waals surface area contributed by atoms with Gasteiger partial charge in [-0.15, -0.1) is 0 Å². The van der Waals surface area contributed by atoms with Crippen LogP contribution in [0.25, 0.3) is 0 Å². The van der Waals surface area contributed by atoms with Gasteiger partial charge in [-0.05, 0) is 60.4 Å². The first-order chi connectivity index (χ1) is 13.0. The summed E-state index contributed by atoms with van der Waals surface area (Å²) in [5.41, 5.74) is 3.78. The van der Waals surface area contributed by atoms with Crippen LogP contribution in [0.3, 0.4) is 0 Å². The van der Waals surface area contributed by atoms with Crippen molar-refractivity contribution in [3.05, 3.63) is 93.7 Å². The third-order valence-corrected chi connectivity index (χ3v) is 5.01. The largest absolute Gasteiger partial charge is 0.370 e. The van der Waals surface area contributed by atoms with Crippen LogP contribution in [0.4, 0.5) is 5.69 Å². The van der Waals surface area contributed by atoms with Gasteiger partial charge in [-0.2, -0.15) is 0 Å². The molecular formula is C22H20Cl2N2O. The van der Waals surface area contributed by atoms with Crippen LogP contribution in [0.2, 0.25) is 10.0 Å². The molecule has 1 heterocycles. The molecule has 0 amide bonds. The molecule has 0 fully saturated rings. The molecule has 0 aliphatic heterocycles. The molecule has 0 aliphatic carbocycles. The Morgan fingerprint density at radius 1 is 1.07 bits per heavy atom. The number of halogens is 2. The Bertz CT molecular complexity index is 929. The van der Waals surface area contributed by atoms with Crippen LogP contribution < -0.4 is 5.32 Å². The fraction of sp³-hybridized carbons (Fsp3) is 0.182. The molecule has 5 heteroatoms. The molecule has 0 aliphatic rings. The summed E-state index contributed by atoms with van der Waals surface area (Å²) >= 11 is 12.3. The lowest BCUT2D eigenvalue weighted by molar-refractivity contribution is -0.119. The Hall–Kier alpha value is -2.36. The molecule has 3 rings (SSSR count). The predicted molar refractivity (Wildman–Crippen MR) is 112 cm³/mol. The lowest BCUT2D eigenvalue weighted by Crippen LogP contribution is -2.22. The highest BCUT2D eigenvalue weighted by molar-refractivity contribution is 6.36. The van der Waals surface area contributed by atoms with E-state index in [1.807, 2.05) is 43.3 Å². The van der Waals surface area contributed by atoms with Gasteiger partial charge in [0.05, 0.1) is 10.7 Å². The first-order valence-electron chi connectivity index (χ1n) is 8.73. The molecule has 0 radical (unpaired) electrons. The number of nitrogens with one attached hydrogen (secondary N) is 1. The number of aromatic nitrogens is 1. The standard InChI is InChI=1S/C22H20Cl2N2O/c1-15-4-2-3-5-18(15)22(26-20-8-7-17(23)14-19(20)24)21(27)9-6-16-10-12-25-13-11-16/h2-5,7-8,10-14,22,26H,6,9H2,1H3. The van der Waals surface area contributed by atoms with Gasteiger partial charge in [0, 0.05) is 23.8 Å². The second kappa shape index (κ2) is 9.03. The zero-order valence-electron chi connectivity index (χ0n) is 15.0. The predicted octanol–water partition coefficient (Wildman–Crippen LogP) is 6.05. The number of carbonyl (C=O) groups is 1. The van der Waals surface area contributed by atoms with E-state index < -0.39 is 6.04 Å². The van der Waals surface area contributed by atoms with E-state index in [2.05, 4.69) is 10.3 Å². The van der Waals surface area contributed by atoms with E-state index in [4.69, 9.17) is 23.2 Å². The van der Waals surface area contributed by atoms with Gasteiger partial charge >= 0.3 is 0 Å². The van der Waals surface area contributed by atoms with Crippen LogP contribution in [0.1, 0.15) is 29.2 Å². The van der Waals surface area contributed by atoms with E-state index in [1.165, 1.54) is 0 Å². The van der Waals surface area contributed by atoms with Crippen molar-refractivity contribution in [1.82, 2.24) is 4.98 Å². The number of hydrogen-bond donors (Lipinski definition) is 1. The summed E-state index contributed by atoms with van der Waals surface area (Å²) in [5.74, 6) is 0.104. The SMILES string of the molecule is Cc1ccccc1C(Nc1ccc(Cl)cc1Cl)C(=O)CCc1ccncc1. The molecule has 0 saturated carbocycles. The topological polar surface area (TPSA) is 42.0 Å². The lowest BCUT2D eigenvalue weighted by atomic mass is 9.94. The van der Waals surface area contributed by atoms with Crippen LogP contribution in [0.5, 0.6) is 0 Å². The Balaban J connectivity index is 1.85. The number of ketones is 1. The van der Waals surface area contributed by atoms with E-state index in [-0.39, 0.29) is 5.78 Å². The summed E-state index contributed by atoms with van der Waals surface area (Å²) in [6.45, 7) is 2.00. The van der Waals surface area contributed by atoms with Crippen LogP contribution in [0, 0.1) is 6.92 Å². The summed E-state index contributed by atoms with van der Waals surface area (Å²) < 4.78 is 0. The summed E-state index contributed by atoms with van der Waals surface area (Å²) in [7, 11) is 0. The van der Waals surface area contributed by atoms with Gasteiger partial charge in [0.25, 0.3) is 0 Å². The first kappa shape index (κ1) is 19.4. The van der Waals surface area contributed by atoms with E-state index in [1.54, 1.807) is 30.6 Å². The second-order valence-electron chi connectivity index (χ2n) is 6.38. The number of anilines is 1. The van der Waals surface area contributed by atoms with E-state index in [0.717, 1.165) is 16.7 Å². The molecular weight excluding hydrogens is 379 g/mol. The number of Topliss-reactive ketones (excluding diaryl/α,β-unsaturated/α-hetero) is 1. The zero-order valence-corrected chi connectivity index (χ0v) is 16.5. The third kappa shape index (κ3) is 5.09. The number of aryl methyl sites for hydroxylation is 2. The average Bonchev–Trinajstić information content (AvgIpc) is 2.67. The van der Waals surface area contributed by atoms with Crippen LogP contribution in [-0.4, -0.2) is 10.8 Å².